The summed E-state index contributed by atoms with van der Waals surface area (Å²) in [5, 5.41) is 2.43. The minimum absolute atomic E-state index is 0.323. The van der Waals surface area contributed by atoms with E-state index in [1.54, 1.807) is 6.92 Å². The van der Waals surface area contributed by atoms with E-state index in [1.165, 1.54) is 16.3 Å². The molecule has 0 spiro atoms. The summed E-state index contributed by atoms with van der Waals surface area (Å²) < 4.78 is 5.08. The smallest absolute Gasteiger partial charge is 0.333 e. The molecule has 0 bridgehead atoms. The number of carbonyl (C=O) groups excluding carboxylic acids is 1. The van der Waals surface area contributed by atoms with Crippen LogP contribution in [0.4, 0.5) is 0 Å². The third kappa shape index (κ3) is 2.98. The van der Waals surface area contributed by atoms with Crippen molar-refractivity contribution in [1.29, 1.82) is 0 Å². The van der Waals surface area contributed by atoms with Gasteiger partial charge in [0.2, 0.25) is 0 Å². The summed E-state index contributed by atoms with van der Waals surface area (Å²) in [6, 6.07) is 14.5. The summed E-state index contributed by atoms with van der Waals surface area (Å²) in [7, 11) is 0. The van der Waals surface area contributed by atoms with Crippen molar-refractivity contribution in [1.82, 2.24) is 0 Å². The fraction of sp³-hybridized carbons (Fsp3) is 0.188. The van der Waals surface area contributed by atoms with Gasteiger partial charge in [-0.25, -0.2) is 4.79 Å². The van der Waals surface area contributed by atoms with E-state index in [1.807, 2.05) is 12.1 Å². The van der Waals surface area contributed by atoms with Crippen molar-refractivity contribution in [2.45, 2.75) is 13.3 Å². The van der Waals surface area contributed by atoms with Crippen molar-refractivity contribution in [3.63, 3.8) is 0 Å². The van der Waals surface area contributed by atoms with Gasteiger partial charge in [0.15, 0.2) is 0 Å². The van der Waals surface area contributed by atoms with E-state index in [0.29, 0.717) is 12.2 Å². The van der Waals surface area contributed by atoms with Gasteiger partial charge in [0.05, 0.1) is 6.61 Å². The molecule has 0 unspecified atom stereocenters. The number of esters is 1. The number of rotatable bonds is 4. The van der Waals surface area contributed by atoms with Gasteiger partial charge in [-0.05, 0) is 23.3 Å². The van der Waals surface area contributed by atoms with E-state index in [4.69, 9.17) is 4.74 Å². The molecule has 0 fully saturated rings. The number of ether oxygens (including phenoxy) is 1. The Hall–Kier alpha value is -2.09. The summed E-state index contributed by atoms with van der Waals surface area (Å²) in [5.41, 5.74) is 1.61. The molecule has 2 aromatic carbocycles. The van der Waals surface area contributed by atoms with Crippen LogP contribution in [0.1, 0.15) is 12.5 Å². The Morgan fingerprint density at radius 1 is 1.17 bits per heavy atom. The second-order valence-electron chi connectivity index (χ2n) is 4.35. The Kier molecular flexibility index (Phi) is 3.78. The van der Waals surface area contributed by atoms with E-state index >= 15 is 0 Å². The van der Waals surface area contributed by atoms with Crippen LogP contribution in [0.25, 0.3) is 10.8 Å². The van der Waals surface area contributed by atoms with Crippen LogP contribution in [0.3, 0.4) is 0 Å². The summed E-state index contributed by atoms with van der Waals surface area (Å²) >= 11 is 0. The van der Waals surface area contributed by atoms with E-state index in [0.717, 1.165) is 6.42 Å². The Labute approximate surface area is 107 Å². The van der Waals surface area contributed by atoms with Crippen molar-refractivity contribution in [2.75, 3.05) is 6.61 Å². The quantitative estimate of drug-likeness (QED) is 0.604. The van der Waals surface area contributed by atoms with Gasteiger partial charge in [0.25, 0.3) is 0 Å². The molecule has 0 amide bonds. The molecule has 0 heterocycles. The Bertz CT molecular complexity index is 584. The molecule has 0 atom stereocenters. The van der Waals surface area contributed by atoms with Gasteiger partial charge in [-0.15, -0.1) is 0 Å². The van der Waals surface area contributed by atoms with Gasteiger partial charge in [-0.2, -0.15) is 0 Å². The lowest BCUT2D eigenvalue weighted by molar-refractivity contribution is -0.138. The van der Waals surface area contributed by atoms with Crippen molar-refractivity contribution in [3.8, 4) is 0 Å². The van der Waals surface area contributed by atoms with Crippen molar-refractivity contribution in [3.05, 3.63) is 60.2 Å². The fourth-order valence-corrected chi connectivity index (χ4v) is 1.78. The highest BCUT2D eigenvalue weighted by Crippen LogP contribution is 2.15. The standard InChI is InChI=1S/C16H16O2/c1-12(2)16(17)18-10-9-13-7-8-14-5-3-4-6-15(14)11-13/h3-8,11H,1,9-10H2,2H3. The molecule has 0 aromatic heterocycles. The molecule has 0 aliphatic carbocycles. The van der Waals surface area contributed by atoms with E-state index in [-0.39, 0.29) is 5.97 Å². The molecule has 0 N–H and O–H groups in total. The van der Waals surface area contributed by atoms with Crippen LogP contribution in [0.5, 0.6) is 0 Å². The Morgan fingerprint density at radius 2 is 1.89 bits per heavy atom. The van der Waals surface area contributed by atoms with Gasteiger partial charge < -0.3 is 4.74 Å². The normalized spacial score (nSPS) is 10.3. The molecule has 92 valence electrons. The first-order chi connectivity index (χ1) is 8.66. The zero-order valence-corrected chi connectivity index (χ0v) is 10.5. The van der Waals surface area contributed by atoms with Crippen molar-refractivity contribution in [2.24, 2.45) is 0 Å². The third-order valence-electron chi connectivity index (χ3n) is 2.79. The number of hydrogen-bond acceptors (Lipinski definition) is 2. The lowest BCUT2D eigenvalue weighted by atomic mass is 10.1. The molecule has 0 saturated heterocycles. The third-order valence-corrected chi connectivity index (χ3v) is 2.79. The second-order valence-corrected chi connectivity index (χ2v) is 4.35. The predicted octanol–water partition coefficient (Wildman–Crippen LogP) is 3.50. The molecular formula is C16H16O2. The van der Waals surface area contributed by atoms with Crippen LogP contribution in [-0.4, -0.2) is 12.6 Å². The molecule has 0 aliphatic rings. The second kappa shape index (κ2) is 5.50. The van der Waals surface area contributed by atoms with Gasteiger partial charge in [0.1, 0.15) is 0 Å². The first-order valence-corrected chi connectivity index (χ1v) is 5.97. The van der Waals surface area contributed by atoms with E-state index in [9.17, 15) is 4.79 Å². The van der Waals surface area contributed by atoms with Gasteiger partial charge in [-0.1, -0.05) is 49.0 Å². The maximum atomic E-state index is 11.2. The minimum Gasteiger partial charge on any atom is -0.462 e. The van der Waals surface area contributed by atoms with Gasteiger partial charge >= 0.3 is 5.97 Å². The molecule has 2 nitrogen and oxygen atoms in total. The van der Waals surface area contributed by atoms with Crippen LogP contribution in [0, 0.1) is 0 Å². The number of benzene rings is 2. The lowest BCUT2D eigenvalue weighted by Crippen LogP contribution is -2.07. The van der Waals surface area contributed by atoms with Crippen LogP contribution >= 0.6 is 0 Å². The van der Waals surface area contributed by atoms with Crippen LogP contribution in [0.15, 0.2) is 54.6 Å². The number of hydrogen-bond donors (Lipinski definition) is 0. The summed E-state index contributed by atoms with van der Waals surface area (Å²) in [6.07, 6.45) is 0.726. The maximum absolute atomic E-state index is 11.2. The minimum atomic E-state index is -0.323. The molecular weight excluding hydrogens is 224 g/mol. The molecule has 2 aromatic rings. The van der Waals surface area contributed by atoms with Gasteiger partial charge in [-0.3, -0.25) is 0 Å². The fourth-order valence-electron chi connectivity index (χ4n) is 1.78. The monoisotopic (exact) mass is 240 g/mol. The Balaban J connectivity index is 2.00. The summed E-state index contributed by atoms with van der Waals surface area (Å²) in [4.78, 5) is 11.2. The zero-order valence-electron chi connectivity index (χ0n) is 10.5. The highest BCUT2D eigenvalue weighted by molar-refractivity contribution is 5.87. The zero-order chi connectivity index (χ0) is 13.0. The molecule has 2 heteroatoms. The highest BCUT2D eigenvalue weighted by atomic mass is 16.5. The van der Waals surface area contributed by atoms with Crippen LogP contribution in [-0.2, 0) is 16.0 Å². The largest absolute Gasteiger partial charge is 0.462 e. The van der Waals surface area contributed by atoms with Crippen molar-refractivity contribution < 1.29 is 9.53 Å². The topological polar surface area (TPSA) is 26.3 Å². The molecule has 0 saturated carbocycles. The Morgan fingerprint density at radius 3 is 2.61 bits per heavy atom. The first kappa shape index (κ1) is 12.4. The average Bonchev–Trinajstić information content (AvgIpc) is 2.38. The summed E-state index contributed by atoms with van der Waals surface area (Å²) in [5.74, 6) is -0.323. The first-order valence-electron chi connectivity index (χ1n) is 5.97. The molecule has 18 heavy (non-hydrogen) atoms. The van der Waals surface area contributed by atoms with Crippen LogP contribution < -0.4 is 0 Å². The lowest BCUT2D eigenvalue weighted by Gasteiger charge is -2.05. The van der Waals surface area contributed by atoms with E-state index in [2.05, 4.69) is 36.9 Å². The maximum Gasteiger partial charge on any atom is 0.333 e. The number of carbonyl (C=O) groups is 1. The van der Waals surface area contributed by atoms with Gasteiger partial charge in [0, 0.05) is 12.0 Å². The SMILES string of the molecule is C=C(C)C(=O)OCCc1ccc2ccccc2c1. The van der Waals surface area contributed by atoms with Crippen LogP contribution in [0.2, 0.25) is 0 Å². The number of fused-ring (bicyclic) bond motifs is 1. The highest BCUT2D eigenvalue weighted by Gasteiger charge is 2.03. The van der Waals surface area contributed by atoms with Crippen molar-refractivity contribution >= 4 is 16.7 Å². The molecule has 2 rings (SSSR count). The van der Waals surface area contributed by atoms with E-state index < -0.39 is 0 Å². The predicted molar refractivity (Wildman–Crippen MR) is 73.4 cm³/mol. The molecule has 0 radical (unpaired) electrons. The summed E-state index contributed by atoms with van der Waals surface area (Å²) in [6.45, 7) is 5.59. The average molecular weight is 240 g/mol. The molecule has 0 aliphatic heterocycles.